The van der Waals surface area contributed by atoms with Crippen LogP contribution >= 0.6 is 0 Å². The molecule has 0 aliphatic heterocycles. The van der Waals surface area contributed by atoms with E-state index in [2.05, 4.69) is 11.4 Å². The normalized spacial score (nSPS) is 12.0. The van der Waals surface area contributed by atoms with E-state index in [0.717, 1.165) is 16.7 Å². The van der Waals surface area contributed by atoms with Gasteiger partial charge in [0, 0.05) is 6.08 Å². The predicted octanol–water partition coefficient (Wildman–Crippen LogP) is 4.05. The lowest BCUT2D eigenvalue weighted by atomic mass is 10.0. The van der Waals surface area contributed by atoms with E-state index in [4.69, 9.17) is 4.74 Å². The topological polar surface area (TPSA) is 55.4 Å². The first kappa shape index (κ1) is 19.4. The zero-order valence-corrected chi connectivity index (χ0v) is 15.7. The molecule has 0 heterocycles. The zero-order chi connectivity index (χ0) is 19.1. The zero-order valence-electron chi connectivity index (χ0n) is 15.7. The Kier molecular flexibility index (Phi) is 6.73. The first-order valence-corrected chi connectivity index (χ1v) is 8.64. The average molecular weight is 351 g/mol. The van der Waals surface area contributed by atoms with Crippen molar-refractivity contribution < 1.29 is 14.3 Å². The molecule has 0 unspecified atom stereocenters. The van der Waals surface area contributed by atoms with Gasteiger partial charge in [0.25, 0.3) is 5.91 Å². The van der Waals surface area contributed by atoms with Crippen LogP contribution in [0, 0.1) is 20.8 Å². The van der Waals surface area contributed by atoms with Gasteiger partial charge in [-0.25, -0.2) is 4.79 Å². The number of aryl methyl sites for hydroxylation is 3. The van der Waals surface area contributed by atoms with Crippen LogP contribution in [0.25, 0.3) is 6.08 Å². The summed E-state index contributed by atoms with van der Waals surface area (Å²) in [6.45, 7) is 7.66. The summed E-state index contributed by atoms with van der Waals surface area (Å²) in [5.74, 6) is -0.865. The molecular formula is C22H25NO3. The Morgan fingerprint density at radius 1 is 1.04 bits per heavy atom. The summed E-state index contributed by atoms with van der Waals surface area (Å²) in [6.07, 6.45) is 3.02. The molecule has 0 fully saturated rings. The highest BCUT2D eigenvalue weighted by Crippen LogP contribution is 2.16. The van der Waals surface area contributed by atoms with E-state index in [-0.39, 0.29) is 18.6 Å². The fraction of sp³-hybridized carbons (Fsp3) is 0.273. The van der Waals surface area contributed by atoms with Gasteiger partial charge < -0.3 is 10.1 Å². The summed E-state index contributed by atoms with van der Waals surface area (Å²) in [5, 5.41) is 2.84. The van der Waals surface area contributed by atoms with Gasteiger partial charge in [0.2, 0.25) is 0 Å². The van der Waals surface area contributed by atoms with Crippen LogP contribution in [0.1, 0.15) is 40.8 Å². The standard InChI is InChI=1S/C22H25NO3/c1-15-9-10-20(13-17(15)3)18(4)23-21(24)14-26-22(25)12-11-19-8-6-5-7-16(19)2/h5-13,18H,14H2,1-4H3,(H,23,24)/b12-11+/t18-/m1/s1. The molecule has 0 aliphatic carbocycles. The van der Waals surface area contributed by atoms with Gasteiger partial charge in [-0.2, -0.15) is 0 Å². The number of hydrogen-bond acceptors (Lipinski definition) is 3. The van der Waals surface area contributed by atoms with Crippen LogP contribution in [0.5, 0.6) is 0 Å². The van der Waals surface area contributed by atoms with Crippen LogP contribution in [-0.2, 0) is 14.3 Å². The molecule has 0 aromatic heterocycles. The first-order valence-electron chi connectivity index (χ1n) is 8.64. The van der Waals surface area contributed by atoms with Crippen LogP contribution in [0.15, 0.2) is 48.5 Å². The van der Waals surface area contributed by atoms with E-state index in [1.165, 1.54) is 17.2 Å². The van der Waals surface area contributed by atoms with Gasteiger partial charge in [0.15, 0.2) is 6.61 Å². The van der Waals surface area contributed by atoms with Gasteiger partial charge in [-0.3, -0.25) is 4.79 Å². The van der Waals surface area contributed by atoms with Crippen molar-refractivity contribution >= 4 is 18.0 Å². The highest BCUT2D eigenvalue weighted by Gasteiger charge is 2.11. The third-order valence-corrected chi connectivity index (χ3v) is 4.34. The molecule has 1 amide bonds. The molecule has 4 heteroatoms. The monoisotopic (exact) mass is 351 g/mol. The number of benzene rings is 2. The van der Waals surface area contributed by atoms with Crippen LogP contribution in [-0.4, -0.2) is 18.5 Å². The smallest absolute Gasteiger partial charge is 0.331 e. The Morgan fingerprint density at radius 2 is 1.77 bits per heavy atom. The van der Waals surface area contributed by atoms with Gasteiger partial charge in [-0.05, 0) is 61.6 Å². The molecule has 2 aromatic rings. The molecule has 0 radical (unpaired) electrons. The van der Waals surface area contributed by atoms with E-state index in [1.807, 2.05) is 64.1 Å². The maximum absolute atomic E-state index is 12.0. The van der Waals surface area contributed by atoms with Gasteiger partial charge in [0.1, 0.15) is 0 Å². The highest BCUT2D eigenvalue weighted by molar-refractivity contribution is 5.89. The summed E-state index contributed by atoms with van der Waals surface area (Å²) in [5.41, 5.74) is 5.42. The molecule has 0 aliphatic rings. The van der Waals surface area contributed by atoms with Crippen molar-refractivity contribution in [3.05, 3.63) is 76.4 Å². The maximum Gasteiger partial charge on any atom is 0.331 e. The maximum atomic E-state index is 12.0. The lowest BCUT2D eigenvalue weighted by Gasteiger charge is -2.15. The number of rotatable bonds is 6. The molecule has 4 nitrogen and oxygen atoms in total. The Bertz CT molecular complexity index is 824. The van der Waals surface area contributed by atoms with Crippen molar-refractivity contribution in [2.45, 2.75) is 33.7 Å². The molecule has 0 spiro atoms. The van der Waals surface area contributed by atoms with Gasteiger partial charge in [-0.1, -0.05) is 42.5 Å². The molecule has 26 heavy (non-hydrogen) atoms. The quantitative estimate of drug-likeness (QED) is 0.631. The molecule has 2 aromatic carbocycles. The van der Waals surface area contributed by atoms with E-state index >= 15 is 0 Å². The summed E-state index contributed by atoms with van der Waals surface area (Å²) >= 11 is 0. The number of nitrogens with one attached hydrogen (secondary N) is 1. The van der Waals surface area contributed by atoms with E-state index in [1.54, 1.807) is 6.08 Å². The van der Waals surface area contributed by atoms with E-state index in [9.17, 15) is 9.59 Å². The van der Waals surface area contributed by atoms with E-state index < -0.39 is 5.97 Å². The summed E-state index contributed by atoms with van der Waals surface area (Å²) < 4.78 is 5.01. The second kappa shape index (κ2) is 8.99. The second-order valence-electron chi connectivity index (χ2n) is 6.43. The Labute approximate surface area is 154 Å². The third-order valence-electron chi connectivity index (χ3n) is 4.34. The van der Waals surface area contributed by atoms with Crippen molar-refractivity contribution in [3.8, 4) is 0 Å². The largest absolute Gasteiger partial charge is 0.452 e. The molecule has 0 bridgehead atoms. The second-order valence-corrected chi connectivity index (χ2v) is 6.43. The van der Waals surface area contributed by atoms with Crippen molar-refractivity contribution in [3.63, 3.8) is 0 Å². The molecule has 0 saturated carbocycles. The Balaban J connectivity index is 1.83. The van der Waals surface area contributed by atoms with Crippen molar-refractivity contribution in [1.29, 1.82) is 0 Å². The lowest BCUT2D eigenvalue weighted by Crippen LogP contribution is -2.31. The third kappa shape index (κ3) is 5.59. The summed E-state index contributed by atoms with van der Waals surface area (Å²) in [7, 11) is 0. The molecule has 136 valence electrons. The van der Waals surface area contributed by atoms with Crippen molar-refractivity contribution in [1.82, 2.24) is 5.32 Å². The van der Waals surface area contributed by atoms with Crippen LogP contribution < -0.4 is 5.32 Å². The highest BCUT2D eigenvalue weighted by atomic mass is 16.5. The van der Waals surface area contributed by atoms with Crippen molar-refractivity contribution in [2.24, 2.45) is 0 Å². The Hall–Kier alpha value is -2.88. The van der Waals surface area contributed by atoms with Crippen LogP contribution in [0.4, 0.5) is 0 Å². The summed E-state index contributed by atoms with van der Waals surface area (Å²) in [4.78, 5) is 23.8. The minimum absolute atomic E-state index is 0.150. The van der Waals surface area contributed by atoms with Crippen LogP contribution in [0.3, 0.4) is 0 Å². The summed E-state index contributed by atoms with van der Waals surface area (Å²) in [6, 6.07) is 13.6. The molecular weight excluding hydrogens is 326 g/mol. The molecule has 0 saturated heterocycles. The SMILES string of the molecule is Cc1ccc([C@@H](C)NC(=O)COC(=O)/C=C/c2ccccc2C)cc1C. The van der Waals surface area contributed by atoms with Gasteiger partial charge in [-0.15, -0.1) is 0 Å². The average Bonchev–Trinajstić information content (AvgIpc) is 2.61. The van der Waals surface area contributed by atoms with Gasteiger partial charge >= 0.3 is 5.97 Å². The number of carbonyl (C=O) groups excluding carboxylic acids is 2. The molecule has 1 atom stereocenters. The molecule has 1 N–H and O–H groups in total. The lowest BCUT2D eigenvalue weighted by molar-refractivity contribution is -0.144. The fourth-order valence-corrected chi connectivity index (χ4v) is 2.52. The Morgan fingerprint density at radius 3 is 2.46 bits per heavy atom. The minimum atomic E-state index is -0.540. The van der Waals surface area contributed by atoms with Crippen LogP contribution in [0.2, 0.25) is 0 Å². The first-order chi connectivity index (χ1) is 12.4. The fourth-order valence-electron chi connectivity index (χ4n) is 2.52. The number of carbonyl (C=O) groups is 2. The molecule has 2 rings (SSSR count). The number of ether oxygens (including phenoxy) is 1. The predicted molar refractivity (Wildman–Crippen MR) is 104 cm³/mol. The van der Waals surface area contributed by atoms with E-state index in [0.29, 0.717) is 0 Å². The minimum Gasteiger partial charge on any atom is -0.452 e. The van der Waals surface area contributed by atoms with Crippen molar-refractivity contribution in [2.75, 3.05) is 6.61 Å². The van der Waals surface area contributed by atoms with Gasteiger partial charge in [0.05, 0.1) is 6.04 Å². The number of amides is 1. The number of hydrogen-bond donors (Lipinski definition) is 1. The number of esters is 1.